The molecule has 6 aromatic rings. The highest BCUT2D eigenvalue weighted by molar-refractivity contribution is 6.29. The Hall–Kier alpha value is -6.01. The number of nitrogens with one attached hydrogen (secondary N) is 1. The Morgan fingerprint density at radius 1 is 0.735 bits per heavy atom. The molecule has 0 aliphatic carbocycles. The van der Waals surface area contributed by atoms with Gasteiger partial charge in [-0.05, 0) is 91.7 Å². The normalized spacial score (nSPS) is 10.2. The van der Waals surface area contributed by atoms with Gasteiger partial charge in [-0.25, -0.2) is 28.3 Å². The number of carbonyl (C=O) groups excluding carboxylic acids is 2. The number of methoxy groups -OCH3 is 2. The van der Waals surface area contributed by atoms with Crippen molar-refractivity contribution in [1.29, 1.82) is 0 Å². The van der Waals surface area contributed by atoms with Gasteiger partial charge in [-0.3, -0.25) is 0 Å². The lowest BCUT2D eigenvalue weighted by molar-refractivity contribution is 0.0592. The van der Waals surface area contributed by atoms with Gasteiger partial charge >= 0.3 is 11.9 Å². The van der Waals surface area contributed by atoms with E-state index in [0.717, 1.165) is 28.2 Å². The molecule has 0 saturated carbocycles. The first-order valence-electron chi connectivity index (χ1n) is 14.6. The second-order valence-corrected chi connectivity index (χ2v) is 10.8. The first kappa shape index (κ1) is 35.8. The Balaban J connectivity index is 0.000000187. The van der Waals surface area contributed by atoms with Gasteiger partial charge in [-0.15, -0.1) is 0 Å². The zero-order chi connectivity index (χ0) is 35.5. The maximum atomic E-state index is 13.0. The fraction of sp³-hybridized carbons (Fsp3) is 0.111. The number of nitrogen functional groups attached to an aromatic ring is 1. The summed E-state index contributed by atoms with van der Waals surface area (Å²) in [6.45, 7) is 3.86. The highest BCUT2D eigenvalue weighted by Crippen LogP contribution is 2.22. The molecule has 0 bridgehead atoms. The van der Waals surface area contributed by atoms with Crippen LogP contribution in [0.2, 0.25) is 5.15 Å². The molecule has 0 atom stereocenters. The summed E-state index contributed by atoms with van der Waals surface area (Å²) in [5, 5.41) is 3.54. The van der Waals surface area contributed by atoms with E-state index in [4.69, 9.17) is 22.1 Å². The van der Waals surface area contributed by atoms with Crippen LogP contribution in [0.4, 0.5) is 26.0 Å². The van der Waals surface area contributed by atoms with Crippen molar-refractivity contribution in [2.45, 2.75) is 13.8 Å². The summed E-state index contributed by atoms with van der Waals surface area (Å²) >= 11 is 5.85. The van der Waals surface area contributed by atoms with Crippen LogP contribution in [0.1, 0.15) is 31.8 Å². The molecule has 6 rings (SSSR count). The fourth-order valence-corrected chi connectivity index (χ4v) is 4.49. The first-order valence-corrected chi connectivity index (χ1v) is 15.0. The Morgan fingerprint density at radius 3 is 1.69 bits per heavy atom. The number of nitrogens with two attached hydrogens (primary N) is 1. The number of rotatable bonds is 6. The van der Waals surface area contributed by atoms with E-state index < -0.39 is 0 Å². The highest BCUT2D eigenvalue weighted by Gasteiger charge is 2.11. The number of hydrogen-bond acceptors (Lipinski definition) is 8. The first-order chi connectivity index (χ1) is 23.5. The van der Waals surface area contributed by atoms with Gasteiger partial charge in [0, 0.05) is 54.6 Å². The van der Waals surface area contributed by atoms with E-state index in [1.165, 1.54) is 50.6 Å². The quantitative estimate of drug-likeness (QED) is 0.103. The average molecular weight is 687 g/mol. The van der Waals surface area contributed by atoms with E-state index in [0.29, 0.717) is 27.8 Å². The Morgan fingerprint density at radius 2 is 1.20 bits per heavy atom. The summed E-state index contributed by atoms with van der Waals surface area (Å²) in [7, 11) is 2.70. The van der Waals surface area contributed by atoms with E-state index in [2.05, 4.69) is 20.0 Å². The lowest BCUT2D eigenvalue weighted by Crippen LogP contribution is -2.01. The minimum atomic E-state index is -0.384. The fourth-order valence-electron chi connectivity index (χ4n) is 4.34. The van der Waals surface area contributed by atoms with Crippen LogP contribution in [-0.2, 0) is 9.47 Å². The third-order valence-electron chi connectivity index (χ3n) is 6.89. The van der Waals surface area contributed by atoms with Crippen molar-refractivity contribution in [1.82, 2.24) is 19.1 Å². The van der Waals surface area contributed by atoms with Crippen LogP contribution < -0.4 is 11.1 Å². The van der Waals surface area contributed by atoms with Crippen LogP contribution in [0, 0.1) is 25.5 Å². The van der Waals surface area contributed by atoms with Crippen molar-refractivity contribution in [3.05, 3.63) is 149 Å². The number of ether oxygens (including phenoxy) is 2. The van der Waals surface area contributed by atoms with Gasteiger partial charge < -0.3 is 29.7 Å². The summed E-state index contributed by atoms with van der Waals surface area (Å²) in [5.41, 5.74) is 11.3. The molecule has 3 N–H and O–H groups in total. The van der Waals surface area contributed by atoms with Crippen LogP contribution in [0.3, 0.4) is 0 Å². The maximum absolute atomic E-state index is 13.0. The number of pyridine rings is 2. The van der Waals surface area contributed by atoms with Gasteiger partial charge in [0.15, 0.2) is 0 Å². The van der Waals surface area contributed by atoms with Crippen LogP contribution in [0.15, 0.2) is 110 Å². The standard InChI is InChI=1S/C18H16FN3O2.C12H11ClN2O2.C6H6FN/c1-12-10-20-17(21-15-5-3-14(19)4-6-15)9-16(12)22-8-7-13(11-22)18(23)24-2;1-8-6-14-11(13)5-10(8)15-4-3-9(7-15)12(16)17-2;7-5-1-3-6(8)4-2-5/h3-11H,1-2H3,(H,20,21);3-7H,1-2H3;1-4H,8H2. The largest absolute Gasteiger partial charge is 0.465 e. The molecule has 0 radical (unpaired) electrons. The Kier molecular flexibility index (Phi) is 12.2. The van der Waals surface area contributed by atoms with Crippen LogP contribution in [0.5, 0.6) is 0 Å². The number of hydrogen-bond donors (Lipinski definition) is 2. The van der Waals surface area contributed by atoms with Crippen LogP contribution in [-0.4, -0.2) is 45.3 Å². The molecule has 0 amide bonds. The molecule has 49 heavy (non-hydrogen) atoms. The zero-order valence-corrected chi connectivity index (χ0v) is 27.8. The SMILES string of the molecule is COC(=O)c1ccn(-c2cc(Cl)ncc2C)c1.COC(=O)c1ccn(-c2cc(Nc3ccc(F)cc3)ncc2C)c1.Nc1ccc(F)cc1. The number of esters is 2. The summed E-state index contributed by atoms with van der Waals surface area (Å²) in [4.78, 5) is 31.2. The third-order valence-corrected chi connectivity index (χ3v) is 7.09. The summed E-state index contributed by atoms with van der Waals surface area (Å²) in [6, 6.07) is 18.7. The molecule has 252 valence electrons. The van der Waals surface area contributed by atoms with E-state index in [9.17, 15) is 18.4 Å². The minimum absolute atomic E-state index is 0.251. The minimum Gasteiger partial charge on any atom is -0.465 e. The molecule has 0 unspecified atom stereocenters. The number of carbonyl (C=O) groups is 2. The smallest absolute Gasteiger partial charge is 0.339 e. The van der Waals surface area contributed by atoms with E-state index in [1.54, 1.807) is 67.5 Å². The van der Waals surface area contributed by atoms with E-state index in [-0.39, 0.29) is 23.6 Å². The van der Waals surface area contributed by atoms with Crippen molar-refractivity contribution in [2.24, 2.45) is 0 Å². The monoisotopic (exact) mass is 686 g/mol. The van der Waals surface area contributed by atoms with Crippen LogP contribution >= 0.6 is 11.6 Å². The van der Waals surface area contributed by atoms with Gasteiger partial charge in [-0.1, -0.05) is 11.6 Å². The second kappa shape index (κ2) is 16.7. The number of aryl methyl sites for hydroxylation is 2. The molecule has 0 aliphatic heterocycles. The molecule has 13 heteroatoms. The molecule has 4 aromatic heterocycles. The number of benzene rings is 2. The van der Waals surface area contributed by atoms with E-state index in [1.807, 2.05) is 29.0 Å². The zero-order valence-electron chi connectivity index (χ0n) is 27.0. The molecule has 0 aliphatic rings. The predicted molar refractivity (Wildman–Crippen MR) is 185 cm³/mol. The molecule has 0 fully saturated rings. The molecule has 2 aromatic carbocycles. The number of nitrogens with zero attached hydrogens (tertiary/aromatic N) is 4. The van der Waals surface area contributed by atoms with Crippen molar-refractivity contribution in [3.63, 3.8) is 0 Å². The van der Waals surface area contributed by atoms with E-state index >= 15 is 0 Å². The van der Waals surface area contributed by atoms with Gasteiger partial charge in [0.25, 0.3) is 0 Å². The summed E-state index contributed by atoms with van der Waals surface area (Å²) < 4.78 is 38.0. The maximum Gasteiger partial charge on any atom is 0.339 e. The Bertz CT molecular complexity index is 2010. The topological polar surface area (TPSA) is 126 Å². The number of aromatic nitrogens is 4. The van der Waals surface area contributed by atoms with Crippen molar-refractivity contribution < 1.29 is 27.8 Å². The molecule has 0 spiro atoms. The molecular formula is C36H33ClF2N6O4. The Labute approximate surface area is 286 Å². The average Bonchev–Trinajstić information content (AvgIpc) is 3.80. The summed E-state index contributed by atoms with van der Waals surface area (Å²) in [5.74, 6) is -0.665. The molecule has 10 nitrogen and oxygen atoms in total. The van der Waals surface area contributed by atoms with Crippen molar-refractivity contribution in [3.8, 4) is 11.4 Å². The van der Waals surface area contributed by atoms with Gasteiger partial charge in [-0.2, -0.15) is 0 Å². The molecular weight excluding hydrogens is 654 g/mol. The van der Waals surface area contributed by atoms with Gasteiger partial charge in [0.2, 0.25) is 0 Å². The highest BCUT2D eigenvalue weighted by atomic mass is 35.5. The number of halogens is 3. The second-order valence-electron chi connectivity index (χ2n) is 10.4. The summed E-state index contributed by atoms with van der Waals surface area (Å²) in [6.07, 6.45) is 10.4. The van der Waals surface area contributed by atoms with Crippen molar-refractivity contribution in [2.75, 3.05) is 25.3 Å². The van der Waals surface area contributed by atoms with Crippen molar-refractivity contribution >= 4 is 40.7 Å². The van der Waals surface area contributed by atoms with Crippen LogP contribution in [0.25, 0.3) is 11.4 Å². The number of anilines is 3. The lowest BCUT2D eigenvalue weighted by Gasteiger charge is -2.11. The lowest BCUT2D eigenvalue weighted by atomic mass is 10.2. The van der Waals surface area contributed by atoms with Gasteiger partial charge in [0.05, 0.1) is 36.7 Å². The van der Waals surface area contributed by atoms with Gasteiger partial charge in [0.1, 0.15) is 22.6 Å². The third kappa shape index (κ3) is 9.99. The molecule has 0 saturated heterocycles. The molecule has 4 heterocycles. The predicted octanol–water partition coefficient (Wildman–Crippen LogP) is 7.88.